The third-order valence-corrected chi connectivity index (χ3v) is 8.37. The zero-order chi connectivity index (χ0) is 23.6. The van der Waals surface area contributed by atoms with Gasteiger partial charge in [-0.2, -0.15) is 4.31 Å². The van der Waals surface area contributed by atoms with Crippen molar-refractivity contribution in [3.8, 4) is 0 Å². The Morgan fingerprint density at radius 1 is 1.06 bits per heavy atom. The van der Waals surface area contributed by atoms with Crippen LogP contribution in [-0.4, -0.2) is 41.3 Å². The van der Waals surface area contributed by atoms with Crippen LogP contribution in [0.15, 0.2) is 65.8 Å². The topological polar surface area (TPSA) is 84.3 Å². The lowest BCUT2D eigenvalue weighted by Crippen LogP contribution is -2.44. The average Bonchev–Trinajstić information content (AvgIpc) is 3.25. The molecule has 3 aromatic rings. The molecule has 1 aliphatic heterocycles. The van der Waals surface area contributed by atoms with Crippen molar-refractivity contribution in [2.24, 2.45) is 13.0 Å². The van der Waals surface area contributed by atoms with Crippen LogP contribution >= 0.6 is 0 Å². The van der Waals surface area contributed by atoms with E-state index in [4.69, 9.17) is 0 Å². The highest BCUT2D eigenvalue weighted by Crippen LogP contribution is 2.27. The van der Waals surface area contributed by atoms with Crippen LogP contribution in [0.5, 0.6) is 0 Å². The molecule has 1 atom stereocenters. The number of carbonyl (C=O) groups excluding carboxylic acids is 1. The maximum Gasteiger partial charge on any atom is 0.243 e. The number of amides is 1. The highest BCUT2D eigenvalue weighted by atomic mass is 32.2. The summed E-state index contributed by atoms with van der Waals surface area (Å²) in [5.41, 5.74) is 2.96. The number of imidazole rings is 1. The first-order valence-electron chi connectivity index (χ1n) is 11.2. The van der Waals surface area contributed by atoms with Crippen LogP contribution in [0.1, 0.15) is 41.4 Å². The number of aromatic nitrogens is 2. The van der Waals surface area contributed by atoms with E-state index >= 15 is 0 Å². The number of hydrogen-bond acceptors (Lipinski definition) is 4. The molecule has 1 saturated heterocycles. The van der Waals surface area contributed by atoms with Gasteiger partial charge in [0.05, 0.1) is 4.90 Å². The number of benzene rings is 2. The number of piperidine rings is 1. The molecule has 1 fully saturated rings. The summed E-state index contributed by atoms with van der Waals surface area (Å²) in [6, 6.07) is 14.6. The first-order valence-corrected chi connectivity index (χ1v) is 12.6. The van der Waals surface area contributed by atoms with Gasteiger partial charge in [0.25, 0.3) is 0 Å². The normalized spacial score (nSPS) is 16.5. The molecule has 1 unspecified atom stereocenters. The van der Waals surface area contributed by atoms with Crippen molar-refractivity contribution < 1.29 is 13.2 Å². The Bertz CT molecular complexity index is 1230. The summed E-state index contributed by atoms with van der Waals surface area (Å²) in [7, 11) is -1.67. The van der Waals surface area contributed by atoms with Gasteiger partial charge in [0.1, 0.15) is 11.9 Å². The van der Waals surface area contributed by atoms with E-state index in [1.165, 1.54) is 4.31 Å². The van der Waals surface area contributed by atoms with Gasteiger partial charge in [-0.3, -0.25) is 4.79 Å². The number of sulfonamides is 1. The van der Waals surface area contributed by atoms with Crippen molar-refractivity contribution in [1.82, 2.24) is 19.2 Å². The molecule has 1 amide bonds. The van der Waals surface area contributed by atoms with Gasteiger partial charge >= 0.3 is 0 Å². The third-order valence-electron chi connectivity index (χ3n) is 6.48. The summed E-state index contributed by atoms with van der Waals surface area (Å²) < 4.78 is 29.6. The van der Waals surface area contributed by atoms with Crippen LogP contribution in [0.3, 0.4) is 0 Å². The maximum atomic E-state index is 13.2. The molecule has 1 aromatic heterocycles. The molecule has 2 aromatic carbocycles. The van der Waals surface area contributed by atoms with Gasteiger partial charge in [0, 0.05) is 38.4 Å². The monoisotopic (exact) mass is 466 g/mol. The first kappa shape index (κ1) is 23.2. The second-order valence-electron chi connectivity index (χ2n) is 8.67. The van der Waals surface area contributed by atoms with Gasteiger partial charge in [-0.15, -0.1) is 0 Å². The van der Waals surface area contributed by atoms with E-state index in [1.54, 1.807) is 18.3 Å². The molecule has 0 saturated carbocycles. The van der Waals surface area contributed by atoms with Gasteiger partial charge in [-0.05, 0) is 55.5 Å². The maximum absolute atomic E-state index is 13.2. The van der Waals surface area contributed by atoms with Crippen LogP contribution < -0.4 is 5.32 Å². The minimum Gasteiger partial charge on any atom is -0.342 e. The largest absolute Gasteiger partial charge is 0.342 e. The quantitative estimate of drug-likeness (QED) is 0.604. The second-order valence-corrected chi connectivity index (χ2v) is 10.6. The van der Waals surface area contributed by atoms with E-state index in [0.717, 1.165) is 22.5 Å². The van der Waals surface area contributed by atoms with E-state index in [-0.39, 0.29) is 17.9 Å². The van der Waals surface area contributed by atoms with Crippen molar-refractivity contribution in [3.05, 3.63) is 83.4 Å². The van der Waals surface area contributed by atoms with Gasteiger partial charge in [-0.25, -0.2) is 13.4 Å². The van der Waals surface area contributed by atoms with Crippen LogP contribution in [0.25, 0.3) is 0 Å². The Labute approximate surface area is 195 Å². The summed E-state index contributed by atoms with van der Waals surface area (Å²) in [6.45, 7) is 4.52. The van der Waals surface area contributed by atoms with Crippen molar-refractivity contribution >= 4 is 15.9 Å². The average molecular weight is 467 g/mol. The molecule has 8 heteroatoms. The van der Waals surface area contributed by atoms with Crippen LogP contribution in [0.4, 0.5) is 0 Å². The van der Waals surface area contributed by atoms with Crippen LogP contribution in [0.2, 0.25) is 0 Å². The van der Waals surface area contributed by atoms with Crippen molar-refractivity contribution in [1.29, 1.82) is 0 Å². The number of rotatable bonds is 6. The van der Waals surface area contributed by atoms with Crippen molar-refractivity contribution in [2.75, 3.05) is 13.1 Å². The molecule has 33 heavy (non-hydrogen) atoms. The number of aryl methyl sites for hydroxylation is 3. The van der Waals surface area contributed by atoms with Crippen LogP contribution in [0, 0.1) is 19.8 Å². The molecular formula is C25H30N4O3S. The van der Waals surface area contributed by atoms with Gasteiger partial charge < -0.3 is 9.88 Å². The van der Waals surface area contributed by atoms with Crippen LogP contribution in [-0.2, 0) is 21.9 Å². The summed E-state index contributed by atoms with van der Waals surface area (Å²) in [5, 5.41) is 3.15. The van der Waals surface area contributed by atoms with E-state index in [9.17, 15) is 13.2 Å². The number of carbonyl (C=O) groups is 1. The van der Waals surface area contributed by atoms with Crippen molar-refractivity contribution in [2.45, 2.75) is 37.6 Å². The van der Waals surface area contributed by atoms with Gasteiger partial charge in [0.2, 0.25) is 15.9 Å². The third kappa shape index (κ3) is 4.86. The zero-order valence-electron chi connectivity index (χ0n) is 19.2. The molecule has 0 bridgehead atoms. The fraction of sp³-hybridized carbons (Fsp3) is 0.360. The molecule has 1 aliphatic rings. The number of nitrogens with zero attached hydrogens (tertiary/aromatic N) is 3. The molecule has 0 aliphatic carbocycles. The predicted octanol–water partition coefficient (Wildman–Crippen LogP) is 3.34. The highest BCUT2D eigenvalue weighted by molar-refractivity contribution is 7.89. The zero-order valence-corrected chi connectivity index (χ0v) is 20.0. The fourth-order valence-corrected chi connectivity index (χ4v) is 5.80. The summed E-state index contributed by atoms with van der Waals surface area (Å²) in [6.07, 6.45) is 4.54. The van der Waals surface area contributed by atoms with Crippen molar-refractivity contribution in [3.63, 3.8) is 0 Å². The standard InChI is InChI=1S/C25H30N4O3S/c1-18-9-10-22(17-19(18)2)33(31,32)29-14-11-21(12-15-29)25(30)27-23(20-7-5-4-6-8-20)24-26-13-16-28(24)3/h4-10,13,16-17,21,23H,11-12,14-15H2,1-3H3,(H,27,30). The molecule has 174 valence electrons. The molecule has 0 spiro atoms. The van der Waals surface area contributed by atoms with E-state index < -0.39 is 10.0 Å². The molecule has 0 radical (unpaired) electrons. The minimum absolute atomic E-state index is 0.0740. The highest BCUT2D eigenvalue weighted by Gasteiger charge is 2.33. The Morgan fingerprint density at radius 2 is 1.76 bits per heavy atom. The fourth-order valence-electron chi connectivity index (χ4n) is 4.24. The SMILES string of the molecule is Cc1ccc(S(=O)(=O)N2CCC(C(=O)NC(c3ccccc3)c3nccn3C)CC2)cc1C. The molecule has 2 heterocycles. The lowest BCUT2D eigenvalue weighted by molar-refractivity contribution is -0.126. The van der Waals surface area contributed by atoms with E-state index in [0.29, 0.717) is 30.8 Å². The molecule has 4 rings (SSSR count). The molecule has 1 N–H and O–H groups in total. The summed E-state index contributed by atoms with van der Waals surface area (Å²) >= 11 is 0. The van der Waals surface area contributed by atoms with E-state index in [1.807, 2.05) is 68.1 Å². The second kappa shape index (κ2) is 9.49. The smallest absolute Gasteiger partial charge is 0.243 e. The van der Waals surface area contributed by atoms with E-state index in [2.05, 4.69) is 10.3 Å². The van der Waals surface area contributed by atoms with Gasteiger partial charge in [0.15, 0.2) is 0 Å². The number of hydrogen-bond donors (Lipinski definition) is 1. The Morgan fingerprint density at radius 3 is 2.36 bits per heavy atom. The minimum atomic E-state index is -3.57. The predicted molar refractivity (Wildman–Crippen MR) is 127 cm³/mol. The molecule has 7 nitrogen and oxygen atoms in total. The lowest BCUT2D eigenvalue weighted by Gasteiger charge is -2.31. The lowest BCUT2D eigenvalue weighted by atomic mass is 9.96. The summed E-state index contributed by atoms with van der Waals surface area (Å²) in [5.74, 6) is 0.432. The molecular weight excluding hydrogens is 436 g/mol. The Balaban J connectivity index is 1.45. The number of nitrogens with one attached hydrogen (secondary N) is 1. The Hall–Kier alpha value is -2.97. The Kier molecular flexibility index (Phi) is 6.67. The first-order chi connectivity index (χ1) is 15.8. The van der Waals surface area contributed by atoms with Gasteiger partial charge in [-0.1, -0.05) is 36.4 Å². The summed E-state index contributed by atoms with van der Waals surface area (Å²) in [4.78, 5) is 17.9.